The van der Waals surface area contributed by atoms with E-state index in [1.54, 1.807) is 42.5 Å². The Labute approximate surface area is 163 Å². The van der Waals surface area contributed by atoms with Gasteiger partial charge in [0.15, 0.2) is 0 Å². The van der Waals surface area contributed by atoms with Crippen molar-refractivity contribution >= 4 is 30.6 Å². The lowest BCUT2D eigenvalue weighted by Gasteiger charge is -2.21. The number of aliphatic hydroxyl groups excluding tert-OH is 2. The van der Waals surface area contributed by atoms with Gasteiger partial charge in [0.05, 0.1) is 35.0 Å². The van der Waals surface area contributed by atoms with E-state index in [0.717, 1.165) is 5.56 Å². The van der Waals surface area contributed by atoms with E-state index < -0.39 is 19.5 Å². The summed E-state index contributed by atoms with van der Waals surface area (Å²) in [6.45, 7) is -0.156. The Morgan fingerprint density at radius 3 is 2.38 bits per heavy atom. The molecule has 0 amide bonds. The van der Waals surface area contributed by atoms with Crippen molar-refractivity contribution in [3.63, 3.8) is 0 Å². The molecule has 8 heteroatoms. The maximum Gasteiger partial charge on any atom is 0.207 e. The molecule has 0 radical (unpaired) electrons. The average Bonchev–Trinajstić information content (AvgIpc) is 2.58. The van der Waals surface area contributed by atoms with E-state index in [1.807, 2.05) is 6.07 Å². The minimum atomic E-state index is -3.52. The van der Waals surface area contributed by atoms with Crippen LogP contribution in [0.5, 0.6) is 0 Å². The van der Waals surface area contributed by atoms with Crippen LogP contribution in [0.15, 0.2) is 48.5 Å². The van der Waals surface area contributed by atoms with Crippen molar-refractivity contribution in [1.29, 1.82) is 0 Å². The van der Waals surface area contributed by atoms with Gasteiger partial charge in [0.1, 0.15) is 0 Å². The van der Waals surface area contributed by atoms with Crippen LogP contribution in [-0.2, 0) is 10.7 Å². The summed E-state index contributed by atoms with van der Waals surface area (Å²) in [5, 5.41) is 23.4. The molecule has 2 aromatic rings. The van der Waals surface area contributed by atoms with Gasteiger partial charge in [-0.3, -0.25) is 4.57 Å². The summed E-state index contributed by atoms with van der Waals surface area (Å²) in [4.78, 5) is 10.1. The van der Waals surface area contributed by atoms with Gasteiger partial charge in [-0.2, -0.15) is 0 Å². The second kappa shape index (κ2) is 9.86. The van der Waals surface area contributed by atoms with Crippen LogP contribution in [0.2, 0.25) is 10.0 Å². The van der Waals surface area contributed by atoms with E-state index in [-0.39, 0.29) is 25.5 Å². The van der Waals surface area contributed by atoms with Crippen LogP contribution < -0.4 is 5.32 Å². The number of hydrogen-bond donors (Lipinski definition) is 4. The molecule has 0 aliphatic rings. The summed E-state index contributed by atoms with van der Waals surface area (Å²) in [6, 6.07) is 13.5. The third kappa shape index (κ3) is 6.67. The highest BCUT2D eigenvalue weighted by molar-refractivity contribution is 7.57. The second-order valence-corrected chi connectivity index (χ2v) is 9.33. The van der Waals surface area contributed by atoms with E-state index in [9.17, 15) is 19.7 Å². The Morgan fingerprint density at radius 2 is 1.77 bits per heavy atom. The molecule has 0 spiro atoms. The molecular weight excluding hydrogens is 396 g/mol. The highest BCUT2D eigenvalue weighted by Crippen LogP contribution is 2.44. The largest absolute Gasteiger partial charge is 0.394 e. The SMILES string of the molecule is O=P(O)(Cc1ccccc1)CC(O)CNC(CO)c1ccc(Cl)c(Cl)c1. The predicted molar refractivity (Wildman–Crippen MR) is 105 cm³/mol. The minimum absolute atomic E-state index is 0.0150. The monoisotopic (exact) mass is 417 g/mol. The summed E-state index contributed by atoms with van der Waals surface area (Å²) >= 11 is 11.9. The quantitative estimate of drug-likeness (QED) is 0.469. The zero-order valence-corrected chi connectivity index (χ0v) is 16.5. The Hall–Kier alpha value is -0.910. The first-order valence-electron chi connectivity index (χ1n) is 8.13. The zero-order valence-electron chi connectivity index (χ0n) is 14.1. The van der Waals surface area contributed by atoms with E-state index in [4.69, 9.17) is 23.2 Å². The van der Waals surface area contributed by atoms with Crippen molar-refractivity contribution in [3.8, 4) is 0 Å². The molecule has 0 bridgehead atoms. The van der Waals surface area contributed by atoms with Crippen molar-refractivity contribution in [2.24, 2.45) is 0 Å². The first-order chi connectivity index (χ1) is 12.3. The normalized spacial score (nSPS) is 16.0. The number of nitrogens with one attached hydrogen (secondary N) is 1. The molecule has 0 heterocycles. The Morgan fingerprint density at radius 1 is 1.08 bits per heavy atom. The molecule has 26 heavy (non-hydrogen) atoms. The van der Waals surface area contributed by atoms with Crippen LogP contribution in [-0.4, -0.2) is 40.5 Å². The fourth-order valence-electron chi connectivity index (χ4n) is 2.62. The van der Waals surface area contributed by atoms with Gasteiger partial charge < -0.3 is 20.4 Å². The first kappa shape index (κ1) is 21.4. The number of hydrogen-bond acceptors (Lipinski definition) is 4. The zero-order chi connectivity index (χ0) is 19.2. The molecule has 0 saturated carbocycles. The highest BCUT2D eigenvalue weighted by atomic mass is 35.5. The van der Waals surface area contributed by atoms with Crippen molar-refractivity contribution in [2.45, 2.75) is 18.3 Å². The lowest BCUT2D eigenvalue weighted by atomic mass is 10.1. The van der Waals surface area contributed by atoms with Gasteiger partial charge in [-0.15, -0.1) is 0 Å². The predicted octanol–water partition coefficient (Wildman–Crippen LogP) is 3.45. The molecule has 2 aromatic carbocycles. The number of rotatable bonds is 9. The van der Waals surface area contributed by atoms with Crippen molar-refractivity contribution in [3.05, 3.63) is 69.7 Å². The Kier molecular flexibility index (Phi) is 8.11. The smallest absolute Gasteiger partial charge is 0.207 e. The Balaban J connectivity index is 1.90. The molecule has 2 rings (SSSR count). The van der Waals surface area contributed by atoms with Gasteiger partial charge in [-0.1, -0.05) is 59.6 Å². The van der Waals surface area contributed by atoms with E-state index >= 15 is 0 Å². The average molecular weight is 418 g/mol. The summed E-state index contributed by atoms with van der Waals surface area (Å²) in [5.41, 5.74) is 1.47. The van der Waals surface area contributed by atoms with E-state index in [1.165, 1.54) is 0 Å². The number of halogens is 2. The molecule has 142 valence electrons. The summed E-state index contributed by atoms with van der Waals surface area (Å²) < 4.78 is 12.3. The molecule has 0 fully saturated rings. The van der Waals surface area contributed by atoms with Crippen molar-refractivity contribution in [1.82, 2.24) is 5.32 Å². The van der Waals surface area contributed by atoms with Gasteiger partial charge in [0.25, 0.3) is 0 Å². The lowest BCUT2D eigenvalue weighted by molar-refractivity contribution is 0.172. The second-order valence-electron chi connectivity index (χ2n) is 6.14. The van der Waals surface area contributed by atoms with Gasteiger partial charge in [-0.25, -0.2) is 0 Å². The molecule has 3 unspecified atom stereocenters. The van der Waals surface area contributed by atoms with Gasteiger partial charge in [0.2, 0.25) is 7.37 Å². The Bertz CT molecular complexity index is 760. The van der Waals surface area contributed by atoms with E-state index in [0.29, 0.717) is 15.6 Å². The standard InChI is InChI=1S/C18H22Cl2NO4P/c19-16-7-6-14(8-17(16)20)18(10-22)21-9-15(23)12-26(24,25)11-13-4-2-1-3-5-13/h1-8,15,18,21-23H,9-12H2,(H,24,25). The summed E-state index contributed by atoms with van der Waals surface area (Å²) in [7, 11) is -3.52. The van der Waals surface area contributed by atoms with Gasteiger partial charge >= 0.3 is 0 Å². The van der Waals surface area contributed by atoms with Crippen LogP contribution in [0.3, 0.4) is 0 Å². The summed E-state index contributed by atoms with van der Waals surface area (Å²) in [5.74, 6) is 0. The molecule has 3 atom stereocenters. The first-order valence-corrected chi connectivity index (χ1v) is 10.9. The number of benzene rings is 2. The molecular formula is C18H22Cl2NO4P. The molecule has 0 aliphatic heterocycles. The van der Waals surface area contributed by atoms with Crippen molar-refractivity contribution in [2.75, 3.05) is 19.3 Å². The number of aliphatic hydroxyl groups is 2. The van der Waals surface area contributed by atoms with Crippen LogP contribution >= 0.6 is 30.6 Å². The third-order valence-electron chi connectivity index (χ3n) is 3.90. The highest BCUT2D eigenvalue weighted by Gasteiger charge is 2.24. The third-order valence-corrected chi connectivity index (χ3v) is 6.49. The fraction of sp³-hybridized carbons (Fsp3) is 0.333. The maximum atomic E-state index is 12.3. The minimum Gasteiger partial charge on any atom is -0.394 e. The molecule has 0 aromatic heterocycles. The van der Waals surface area contributed by atoms with Gasteiger partial charge in [0, 0.05) is 12.7 Å². The molecule has 4 N–H and O–H groups in total. The van der Waals surface area contributed by atoms with Crippen LogP contribution in [0, 0.1) is 0 Å². The van der Waals surface area contributed by atoms with E-state index in [2.05, 4.69) is 5.32 Å². The lowest BCUT2D eigenvalue weighted by Crippen LogP contribution is -2.34. The molecule has 0 saturated heterocycles. The molecule has 5 nitrogen and oxygen atoms in total. The van der Waals surface area contributed by atoms with Crippen LogP contribution in [0.1, 0.15) is 17.2 Å². The van der Waals surface area contributed by atoms with Gasteiger partial charge in [-0.05, 0) is 23.3 Å². The fourth-order valence-corrected chi connectivity index (χ4v) is 4.63. The van der Waals surface area contributed by atoms with Crippen LogP contribution in [0.4, 0.5) is 0 Å². The van der Waals surface area contributed by atoms with Crippen molar-refractivity contribution < 1.29 is 19.7 Å². The molecule has 0 aliphatic carbocycles. The summed E-state index contributed by atoms with van der Waals surface area (Å²) in [6.07, 6.45) is -1.23. The topological polar surface area (TPSA) is 89.8 Å². The maximum absolute atomic E-state index is 12.3. The van der Waals surface area contributed by atoms with Crippen LogP contribution in [0.25, 0.3) is 0 Å².